The Hall–Kier alpha value is -9.26. The molecule has 4 rings (SSSR count). The van der Waals surface area contributed by atoms with Crippen molar-refractivity contribution in [2.45, 2.75) is 82.2 Å². The van der Waals surface area contributed by atoms with E-state index in [4.69, 9.17) is 5.73 Å². The molecule has 0 unspecified atom stereocenters. The number of carbonyl (C=O) groups excluding carboxylic acids is 8. The van der Waals surface area contributed by atoms with Crippen molar-refractivity contribution in [3.8, 4) is 23.0 Å². The number of carbonyl (C=O) groups is 10. The second-order valence-corrected chi connectivity index (χ2v) is 17.8. The zero-order chi connectivity index (χ0) is 56.1. The van der Waals surface area contributed by atoms with Crippen molar-refractivity contribution in [3.05, 3.63) is 119 Å². The summed E-state index contributed by atoms with van der Waals surface area (Å²) in [6, 6.07) is 13.0. The van der Waals surface area contributed by atoms with Gasteiger partial charge in [0.2, 0.25) is 47.3 Å². The summed E-state index contributed by atoms with van der Waals surface area (Å²) in [4.78, 5) is 132. The van der Waals surface area contributed by atoms with Crippen LogP contribution in [-0.4, -0.2) is 146 Å². The molecule has 0 saturated heterocycles. The number of carboxylic acids is 2. The minimum Gasteiger partial charge on any atom is -0.508 e. The Kier molecular flexibility index (Phi) is 22.5. The molecule has 0 fully saturated rings. The van der Waals surface area contributed by atoms with Crippen molar-refractivity contribution in [2.24, 2.45) is 11.7 Å². The van der Waals surface area contributed by atoms with Crippen molar-refractivity contribution in [3.63, 3.8) is 0 Å². The molecule has 0 saturated carbocycles. The van der Waals surface area contributed by atoms with Gasteiger partial charge in [0.15, 0.2) is 0 Å². The zero-order valence-corrected chi connectivity index (χ0v) is 41.3. The molecular formula is C51H61N9O16. The number of phenols is 4. The van der Waals surface area contributed by atoms with Crippen molar-refractivity contribution in [2.75, 3.05) is 19.6 Å². The normalized spacial score (nSPS) is 13.2. The Morgan fingerprint density at radius 1 is 0.408 bits per heavy atom. The van der Waals surface area contributed by atoms with E-state index in [-0.39, 0.29) is 48.7 Å². The van der Waals surface area contributed by atoms with E-state index < -0.39 is 127 Å². The lowest BCUT2D eigenvalue weighted by Gasteiger charge is -2.27. The van der Waals surface area contributed by atoms with E-state index in [1.165, 1.54) is 111 Å². The molecule has 76 heavy (non-hydrogen) atoms. The van der Waals surface area contributed by atoms with Crippen LogP contribution in [0.1, 0.15) is 42.5 Å². The summed E-state index contributed by atoms with van der Waals surface area (Å²) in [5.74, 6) is -11.6. The Balaban J connectivity index is 1.53. The predicted octanol–water partition coefficient (Wildman–Crippen LogP) is -1.91. The third-order valence-corrected chi connectivity index (χ3v) is 11.4. The van der Waals surface area contributed by atoms with E-state index in [1.54, 1.807) is 0 Å². The number of carboxylic acid groups (broad SMARTS) is 2. The van der Waals surface area contributed by atoms with Gasteiger partial charge in [-0.1, -0.05) is 62.4 Å². The fourth-order valence-electron chi connectivity index (χ4n) is 7.31. The minimum atomic E-state index is -1.84. The second kappa shape index (κ2) is 28.8. The maximum absolute atomic E-state index is 14.1. The molecule has 0 bridgehead atoms. The fourth-order valence-corrected chi connectivity index (χ4v) is 7.31. The van der Waals surface area contributed by atoms with Crippen LogP contribution >= 0.6 is 0 Å². The summed E-state index contributed by atoms with van der Waals surface area (Å²) >= 11 is 0. The van der Waals surface area contributed by atoms with Crippen LogP contribution in [0, 0.1) is 5.92 Å². The quantitative estimate of drug-likeness (QED) is 0.0295. The van der Waals surface area contributed by atoms with Gasteiger partial charge in [0.05, 0.1) is 26.1 Å². The van der Waals surface area contributed by atoms with Crippen LogP contribution in [-0.2, 0) is 73.6 Å². The van der Waals surface area contributed by atoms with Crippen molar-refractivity contribution in [1.82, 2.24) is 42.5 Å². The van der Waals surface area contributed by atoms with E-state index in [2.05, 4.69) is 42.5 Å². The summed E-state index contributed by atoms with van der Waals surface area (Å²) in [5, 5.41) is 78.0. The van der Waals surface area contributed by atoms with Crippen molar-refractivity contribution >= 4 is 59.2 Å². The molecule has 6 atom stereocenters. The van der Waals surface area contributed by atoms with Crippen LogP contribution in [0.2, 0.25) is 0 Å². The van der Waals surface area contributed by atoms with Gasteiger partial charge in [-0.25, -0.2) is 4.79 Å². The number of aromatic hydroxyl groups is 4. The fraction of sp³-hybridized carbons (Fsp3) is 0.333. The average Bonchev–Trinajstić information content (AvgIpc) is 3.37. The van der Waals surface area contributed by atoms with Gasteiger partial charge in [0, 0.05) is 25.7 Å². The van der Waals surface area contributed by atoms with Gasteiger partial charge < -0.3 is 78.9 Å². The van der Waals surface area contributed by atoms with E-state index in [0.717, 1.165) is 0 Å². The van der Waals surface area contributed by atoms with Crippen molar-refractivity contribution in [1.29, 1.82) is 0 Å². The summed E-state index contributed by atoms with van der Waals surface area (Å²) in [7, 11) is 0. The topological polar surface area (TPSA) is 414 Å². The van der Waals surface area contributed by atoms with E-state index in [0.29, 0.717) is 22.3 Å². The molecule has 25 nitrogen and oxygen atoms in total. The highest BCUT2D eigenvalue weighted by Crippen LogP contribution is 2.16. The molecule has 0 aliphatic carbocycles. The lowest BCUT2D eigenvalue weighted by Crippen LogP contribution is -2.60. The monoisotopic (exact) mass is 1060 g/mol. The minimum absolute atomic E-state index is 0.0754. The molecule has 25 heteroatoms. The first-order valence-electron chi connectivity index (χ1n) is 23.6. The number of amides is 8. The van der Waals surface area contributed by atoms with Gasteiger partial charge in [0.1, 0.15) is 59.2 Å². The number of phenolic OH excluding ortho intramolecular Hbond substituents is 4. The first-order valence-corrected chi connectivity index (χ1v) is 23.6. The number of rotatable bonds is 28. The largest absolute Gasteiger partial charge is 0.508 e. The first-order chi connectivity index (χ1) is 36.0. The Labute approximate surface area is 435 Å². The van der Waals surface area contributed by atoms with Crippen LogP contribution in [0.3, 0.4) is 0 Å². The molecule has 0 aliphatic rings. The molecule has 0 radical (unpaired) electrons. The maximum atomic E-state index is 14.1. The first kappa shape index (κ1) is 59.3. The van der Waals surface area contributed by atoms with E-state index in [9.17, 15) is 78.6 Å². The Bertz CT molecular complexity index is 2690. The highest BCUT2D eigenvalue weighted by Gasteiger charge is 2.35. The third kappa shape index (κ3) is 20.0. The molecule has 16 N–H and O–H groups in total. The third-order valence-electron chi connectivity index (χ3n) is 11.4. The SMILES string of the molecule is CC(C)[C@H](NC(=O)[C@H](Cc1ccc(O)cc1)NC(=O)CNC(=O)[C@H](Cc1ccc(O)cc1)NC(=O)[C@H](Cc1ccc(O)cc1)NC(=O)CNC(=O)CN)C(=O)N[C@@H](CC(=O)O)C(=O)N[C@@H](Cc1ccc(O)cc1)C(=O)O. The highest BCUT2D eigenvalue weighted by atomic mass is 16.4. The molecule has 4 aromatic carbocycles. The van der Waals surface area contributed by atoms with Gasteiger partial charge in [-0.3, -0.25) is 43.2 Å². The molecular weight excluding hydrogens is 995 g/mol. The number of benzene rings is 4. The van der Waals surface area contributed by atoms with Crippen LogP contribution in [0.5, 0.6) is 23.0 Å². The molecule has 8 amide bonds. The molecule has 0 aliphatic heterocycles. The lowest BCUT2D eigenvalue weighted by molar-refractivity contribution is -0.143. The zero-order valence-electron chi connectivity index (χ0n) is 41.3. The second-order valence-electron chi connectivity index (χ2n) is 17.8. The summed E-state index contributed by atoms with van der Waals surface area (Å²) in [6.45, 7) is 1.26. The summed E-state index contributed by atoms with van der Waals surface area (Å²) in [6.07, 6.45) is -1.91. The van der Waals surface area contributed by atoms with Crippen molar-refractivity contribution < 1.29 is 78.6 Å². The van der Waals surface area contributed by atoms with Crippen LogP contribution in [0.25, 0.3) is 0 Å². The predicted molar refractivity (Wildman–Crippen MR) is 269 cm³/mol. The van der Waals surface area contributed by atoms with E-state index in [1.807, 2.05) is 0 Å². The van der Waals surface area contributed by atoms with Gasteiger partial charge in [-0.2, -0.15) is 0 Å². The number of nitrogens with one attached hydrogen (secondary N) is 8. The molecule has 4 aromatic rings. The molecule has 0 heterocycles. The Morgan fingerprint density at radius 3 is 1.11 bits per heavy atom. The van der Waals surface area contributed by atoms with E-state index >= 15 is 0 Å². The summed E-state index contributed by atoms with van der Waals surface area (Å²) in [5.41, 5.74) is 7.02. The number of hydrogen-bond acceptors (Lipinski definition) is 15. The number of nitrogens with two attached hydrogens (primary N) is 1. The Morgan fingerprint density at radius 2 is 0.737 bits per heavy atom. The number of hydrogen-bond donors (Lipinski definition) is 15. The lowest BCUT2D eigenvalue weighted by atomic mass is 10.00. The molecule has 406 valence electrons. The smallest absolute Gasteiger partial charge is 0.326 e. The molecule has 0 aromatic heterocycles. The molecule has 0 spiro atoms. The number of aliphatic carboxylic acids is 2. The average molecular weight is 1060 g/mol. The van der Waals surface area contributed by atoms with Gasteiger partial charge in [-0.15, -0.1) is 0 Å². The van der Waals surface area contributed by atoms with Gasteiger partial charge in [0.25, 0.3) is 0 Å². The van der Waals surface area contributed by atoms with Crippen LogP contribution in [0.4, 0.5) is 0 Å². The van der Waals surface area contributed by atoms with Crippen LogP contribution < -0.4 is 48.3 Å². The van der Waals surface area contributed by atoms with Crippen LogP contribution in [0.15, 0.2) is 97.1 Å². The summed E-state index contributed by atoms with van der Waals surface area (Å²) < 4.78 is 0. The standard InChI is InChI=1S/C51H61N9O16/c1-27(2)45(50(74)58-39(23-44(68)69)48(72)59-40(51(75)76)22-31-9-17-35(64)18-10-31)60-49(73)38(21-30-7-15-34(63)16-8-30)56-43(67)26-54-46(70)36(19-28-3-11-32(61)12-4-28)57-47(71)37(20-29-5-13-33(62)14-6-29)55-42(66)25-53-41(65)24-52/h3-18,27,36-40,45,61-64H,19-26,52H2,1-2H3,(H,53,65)(H,54,70)(H,55,66)(H,56,67)(H,57,71)(H,58,74)(H,59,72)(H,60,73)(H,68,69)(H,75,76)/t36-,37-,38-,39-,40-,45-/m0/s1. The maximum Gasteiger partial charge on any atom is 0.326 e. The highest BCUT2D eigenvalue weighted by molar-refractivity contribution is 5.98. The van der Waals surface area contributed by atoms with Gasteiger partial charge >= 0.3 is 11.9 Å². The van der Waals surface area contributed by atoms with Gasteiger partial charge in [-0.05, 0) is 76.7 Å².